The molecule has 20 heavy (non-hydrogen) atoms. The molecule has 0 aromatic heterocycles. The van der Waals surface area contributed by atoms with E-state index >= 15 is 0 Å². The normalized spacial score (nSPS) is 13.1. The molecule has 1 atom stereocenters. The van der Waals surface area contributed by atoms with Crippen LogP contribution in [0.15, 0.2) is 24.3 Å². The topological polar surface area (TPSA) is 30.5 Å². The maximum atomic E-state index is 12.0. The second-order valence-electron chi connectivity index (χ2n) is 4.47. The molecule has 1 unspecified atom stereocenters. The van der Waals surface area contributed by atoms with E-state index in [4.69, 9.17) is 9.47 Å². The summed E-state index contributed by atoms with van der Waals surface area (Å²) >= 11 is 0. The predicted molar refractivity (Wildman–Crippen MR) is 71.2 cm³/mol. The maximum absolute atomic E-state index is 12.0. The molecule has 0 aliphatic rings. The van der Waals surface area contributed by atoms with Crippen molar-refractivity contribution in [2.45, 2.75) is 32.5 Å². The summed E-state index contributed by atoms with van der Waals surface area (Å²) in [4.78, 5) is 0. The van der Waals surface area contributed by atoms with E-state index < -0.39 is 12.7 Å². The van der Waals surface area contributed by atoms with E-state index in [-0.39, 0.29) is 12.6 Å². The highest BCUT2D eigenvalue weighted by Crippen LogP contribution is 2.27. The molecule has 1 rings (SSSR count). The molecule has 3 nitrogen and oxygen atoms in total. The molecule has 1 N–H and O–H groups in total. The highest BCUT2D eigenvalue weighted by atomic mass is 19.4. The number of hydrogen-bond donors (Lipinski definition) is 1. The van der Waals surface area contributed by atoms with Gasteiger partial charge in [0.15, 0.2) is 11.5 Å². The van der Waals surface area contributed by atoms with E-state index in [0.29, 0.717) is 18.1 Å². The fraction of sp³-hybridized carbons (Fsp3) is 0.571. The summed E-state index contributed by atoms with van der Waals surface area (Å²) in [5, 5.41) is 2.32. The molecule has 0 radical (unpaired) electrons. The molecular weight excluding hydrogens is 271 g/mol. The van der Waals surface area contributed by atoms with Gasteiger partial charge in [-0.3, -0.25) is 0 Å². The summed E-state index contributed by atoms with van der Waals surface area (Å²) < 4.78 is 47.2. The van der Waals surface area contributed by atoms with Crippen molar-refractivity contribution >= 4 is 0 Å². The third-order valence-electron chi connectivity index (χ3n) is 2.40. The Bertz CT molecular complexity index is 396. The average molecular weight is 291 g/mol. The van der Waals surface area contributed by atoms with Crippen molar-refractivity contribution in [2.24, 2.45) is 0 Å². The molecule has 0 heterocycles. The molecule has 0 spiro atoms. The lowest BCUT2D eigenvalue weighted by atomic mass is 10.3. The van der Waals surface area contributed by atoms with Crippen molar-refractivity contribution < 1.29 is 22.6 Å². The van der Waals surface area contributed by atoms with Crippen LogP contribution in [-0.2, 0) is 0 Å². The number of halogens is 3. The van der Waals surface area contributed by atoms with Crippen molar-refractivity contribution in [1.29, 1.82) is 0 Å². The van der Waals surface area contributed by atoms with Gasteiger partial charge in [-0.05, 0) is 25.5 Å². The van der Waals surface area contributed by atoms with Crippen LogP contribution < -0.4 is 14.8 Å². The number of nitrogens with one attached hydrogen (secondary N) is 1. The van der Waals surface area contributed by atoms with Crippen molar-refractivity contribution in [1.82, 2.24) is 5.32 Å². The summed E-state index contributed by atoms with van der Waals surface area (Å²) in [7, 11) is 0. The fourth-order valence-electron chi connectivity index (χ4n) is 1.55. The first kappa shape index (κ1) is 16.6. The molecule has 114 valence electrons. The van der Waals surface area contributed by atoms with Gasteiger partial charge in [-0.2, -0.15) is 13.2 Å². The molecular formula is C14H20F3NO2. The van der Waals surface area contributed by atoms with Gasteiger partial charge in [0, 0.05) is 6.54 Å². The predicted octanol–water partition coefficient (Wildman–Crippen LogP) is 3.39. The van der Waals surface area contributed by atoms with Gasteiger partial charge in [0.2, 0.25) is 0 Å². The van der Waals surface area contributed by atoms with Crippen LogP contribution in [0, 0.1) is 0 Å². The maximum Gasteiger partial charge on any atom is 0.401 e. The van der Waals surface area contributed by atoms with Crippen LogP contribution >= 0.6 is 0 Å². The van der Waals surface area contributed by atoms with Crippen LogP contribution in [0.25, 0.3) is 0 Å². The highest BCUT2D eigenvalue weighted by Gasteiger charge is 2.26. The Morgan fingerprint density at radius 3 is 2.45 bits per heavy atom. The Morgan fingerprint density at radius 2 is 1.85 bits per heavy atom. The van der Waals surface area contributed by atoms with Crippen molar-refractivity contribution in [3.8, 4) is 11.5 Å². The molecule has 6 heteroatoms. The molecule has 0 fully saturated rings. The zero-order valence-corrected chi connectivity index (χ0v) is 11.7. The number of benzene rings is 1. The summed E-state index contributed by atoms with van der Waals surface area (Å²) in [6, 6.07) is 7.14. The lowest BCUT2D eigenvalue weighted by Crippen LogP contribution is -2.35. The molecule has 0 aliphatic heterocycles. The van der Waals surface area contributed by atoms with Crippen LogP contribution in [0.3, 0.4) is 0 Å². The minimum absolute atomic E-state index is 0.113. The minimum Gasteiger partial charge on any atom is -0.490 e. The Hall–Kier alpha value is -1.43. The Labute approximate surface area is 117 Å². The van der Waals surface area contributed by atoms with Gasteiger partial charge in [-0.1, -0.05) is 19.1 Å². The van der Waals surface area contributed by atoms with Gasteiger partial charge in [-0.25, -0.2) is 0 Å². The van der Waals surface area contributed by atoms with Gasteiger partial charge in [0.05, 0.1) is 13.2 Å². The summed E-state index contributed by atoms with van der Waals surface area (Å²) in [5.74, 6) is 1.15. The summed E-state index contributed by atoms with van der Waals surface area (Å²) in [6.45, 7) is 3.37. The van der Waals surface area contributed by atoms with E-state index in [1.54, 1.807) is 25.1 Å². The quantitative estimate of drug-likeness (QED) is 0.796. The first-order valence-corrected chi connectivity index (χ1v) is 6.58. The SMILES string of the molecule is CCCOc1ccccc1OC(C)CNCC(F)(F)F. The highest BCUT2D eigenvalue weighted by molar-refractivity contribution is 5.39. The van der Waals surface area contributed by atoms with Gasteiger partial charge >= 0.3 is 6.18 Å². The summed E-state index contributed by atoms with van der Waals surface area (Å²) in [5.41, 5.74) is 0. The molecule has 1 aromatic rings. The monoisotopic (exact) mass is 291 g/mol. The van der Waals surface area contributed by atoms with Crippen LogP contribution in [0.4, 0.5) is 13.2 Å². The number of alkyl halides is 3. The molecule has 0 saturated carbocycles. The molecule has 0 amide bonds. The van der Waals surface area contributed by atoms with Crippen LogP contribution in [0.2, 0.25) is 0 Å². The van der Waals surface area contributed by atoms with Gasteiger partial charge in [0.25, 0.3) is 0 Å². The minimum atomic E-state index is -4.21. The second kappa shape index (κ2) is 7.99. The molecule has 0 aliphatic carbocycles. The first-order valence-electron chi connectivity index (χ1n) is 6.58. The van der Waals surface area contributed by atoms with Crippen LogP contribution in [0.5, 0.6) is 11.5 Å². The van der Waals surface area contributed by atoms with Crippen molar-refractivity contribution in [3.05, 3.63) is 24.3 Å². The Morgan fingerprint density at radius 1 is 1.20 bits per heavy atom. The van der Waals surface area contributed by atoms with Crippen LogP contribution in [0.1, 0.15) is 20.3 Å². The van der Waals surface area contributed by atoms with Crippen molar-refractivity contribution in [3.63, 3.8) is 0 Å². The van der Waals surface area contributed by atoms with E-state index in [1.165, 1.54) is 0 Å². The zero-order valence-electron chi connectivity index (χ0n) is 11.7. The standard InChI is InChI=1S/C14H20F3NO2/c1-3-8-19-12-6-4-5-7-13(12)20-11(2)9-18-10-14(15,16)17/h4-7,11,18H,3,8-10H2,1-2H3. The third-order valence-corrected chi connectivity index (χ3v) is 2.40. The molecule has 1 aromatic carbocycles. The van der Waals surface area contributed by atoms with E-state index in [0.717, 1.165) is 6.42 Å². The first-order chi connectivity index (χ1) is 9.42. The average Bonchev–Trinajstić information content (AvgIpc) is 2.36. The molecule has 0 bridgehead atoms. The largest absolute Gasteiger partial charge is 0.490 e. The number of ether oxygens (including phenoxy) is 2. The van der Waals surface area contributed by atoms with Crippen LogP contribution in [-0.4, -0.2) is 32.0 Å². The lowest BCUT2D eigenvalue weighted by molar-refractivity contribution is -0.125. The number of rotatable bonds is 8. The van der Waals surface area contributed by atoms with Gasteiger partial charge in [0.1, 0.15) is 6.10 Å². The van der Waals surface area contributed by atoms with E-state index in [2.05, 4.69) is 5.32 Å². The molecule has 0 saturated heterocycles. The lowest BCUT2D eigenvalue weighted by Gasteiger charge is -2.18. The van der Waals surface area contributed by atoms with E-state index in [9.17, 15) is 13.2 Å². The van der Waals surface area contributed by atoms with Gasteiger partial charge < -0.3 is 14.8 Å². The van der Waals surface area contributed by atoms with E-state index in [1.807, 2.05) is 13.0 Å². The Balaban J connectivity index is 2.46. The van der Waals surface area contributed by atoms with Crippen molar-refractivity contribution in [2.75, 3.05) is 19.7 Å². The van der Waals surface area contributed by atoms with Gasteiger partial charge in [-0.15, -0.1) is 0 Å². The second-order valence-corrected chi connectivity index (χ2v) is 4.47. The number of hydrogen-bond acceptors (Lipinski definition) is 3. The summed E-state index contributed by atoms with van der Waals surface area (Å²) in [6.07, 6.45) is -3.72. The Kier molecular flexibility index (Phi) is 6.64. The third kappa shape index (κ3) is 6.65. The smallest absolute Gasteiger partial charge is 0.401 e. The number of para-hydroxylation sites is 2. The fourth-order valence-corrected chi connectivity index (χ4v) is 1.55. The zero-order chi connectivity index (χ0) is 15.0.